The van der Waals surface area contributed by atoms with E-state index in [0.717, 1.165) is 89.8 Å². The molecule has 1 aromatic rings. The number of rotatable bonds is 7. The molecule has 5 saturated heterocycles. The highest BCUT2D eigenvalue weighted by atomic mass is 35.5. The normalized spacial score (nSPS) is 31.7. The van der Waals surface area contributed by atoms with Crippen LogP contribution in [0.2, 0.25) is 5.02 Å². The summed E-state index contributed by atoms with van der Waals surface area (Å²) in [6.45, 7) is 11.5. The first-order chi connectivity index (χ1) is 24.1. The maximum atomic E-state index is 15.2. The number of nitrogens with zero attached hydrogens (tertiary/aromatic N) is 5. The lowest BCUT2D eigenvalue weighted by Gasteiger charge is -2.43. The standard InChI is InChI=1S/C39H58ClN5O5/c1-39(2)14-10-30(11-15-39)45(38(48)35-5-4-20-50-35)31-23-34(37(47)42-18-16-41(3)17-19-42)44(24-31)36(46)33-26-43(29-12-21-49-22-13-29)25-32(33)27-6-8-28(40)9-7-27/h6-9,29-35H,4-5,10-26H2,1-3H3/t31-,32-,33+,34-,35?/m0/s1. The Balaban J connectivity index is 1.20. The maximum Gasteiger partial charge on any atom is 0.252 e. The summed E-state index contributed by atoms with van der Waals surface area (Å²) in [6.07, 6.45) is 7.58. The Hall–Kier alpha value is -2.24. The Morgan fingerprint density at radius 2 is 1.54 bits per heavy atom. The first-order valence-electron chi connectivity index (χ1n) is 19.4. The number of carbonyl (C=O) groups is 3. The fraction of sp³-hybridized carbons (Fsp3) is 0.769. The third-order valence-corrected chi connectivity index (χ3v) is 13.1. The quantitative estimate of drug-likeness (QED) is 0.418. The number of ether oxygens (including phenoxy) is 2. The van der Waals surface area contributed by atoms with Crippen LogP contribution in [-0.4, -0.2) is 145 Å². The van der Waals surface area contributed by atoms with Crippen LogP contribution in [0.15, 0.2) is 24.3 Å². The van der Waals surface area contributed by atoms with Gasteiger partial charge in [0, 0.05) is 88.7 Å². The highest BCUT2D eigenvalue weighted by Crippen LogP contribution is 2.42. The molecule has 0 aromatic heterocycles. The molecule has 10 nitrogen and oxygen atoms in total. The van der Waals surface area contributed by atoms with Gasteiger partial charge in [-0.15, -0.1) is 0 Å². The van der Waals surface area contributed by atoms with E-state index >= 15 is 4.79 Å². The van der Waals surface area contributed by atoms with Crippen LogP contribution in [0.25, 0.3) is 0 Å². The Bertz CT molecular complexity index is 1350. The molecule has 6 aliphatic rings. The molecular formula is C39H58ClN5O5. The van der Waals surface area contributed by atoms with Crippen molar-refractivity contribution in [3.8, 4) is 0 Å². The van der Waals surface area contributed by atoms with E-state index in [0.29, 0.717) is 50.3 Å². The first kappa shape index (κ1) is 36.1. The van der Waals surface area contributed by atoms with Crippen LogP contribution in [0.1, 0.15) is 83.1 Å². The number of benzene rings is 1. The molecule has 0 radical (unpaired) electrons. The number of hydrogen-bond acceptors (Lipinski definition) is 7. The zero-order valence-corrected chi connectivity index (χ0v) is 31.2. The summed E-state index contributed by atoms with van der Waals surface area (Å²) >= 11 is 6.32. The molecule has 1 aromatic carbocycles. The van der Waals surface area contributed by atoms with Gasteiger partial charge in [0.05, 0.1) is 12.0 Å². The molecule has 5 aliphatic heterocycles. The molecule has 5 atom stereocenters. The van der Waals surface area contributed by atoms with Gasteiger partial charge in [-0.2, -0.15) is 0 Å². The molecule has 276 valence electrons. The summed E-state index contributed by atoms with van der Waals surface area (Å²) in [7, 11) is 2.09. The zero-order chi connectivity index (χ0) is 35.0. The van der Waals surface area contributed by atoms with E-state index < -0.39 is 12.1 Å². The largest absolute Gasteiger partial charge is 0.381 e. The predicted octanol–water partition coefficient (Wildman–Crippen LogP) is 4.25. The second-order valence-electron chi connectivity index (χ2n) is 16.7. The van der Waals surface area contributed by atoms with Gasteiger partial charge in [0.15, 0.2) is 0 Å². The first-order valence-corrected chi connectivity index (χ1v) is 19.7. The van der Waals surface area contributed by atoms with E-state index in [1.54, 1.807) is 0 Å². The third kappa shape index (κ3) is 7.75. The van der Waals surface area contributed by atoms with E-state index in [4.69, 9.17) is 21.1 Å². The summed E-state index contributed by atoms with van der Waals surface area (Å²) in [5.41, 5.74) is 1.36. The lowest BCUT2D eigenvalue weighted by molar-refractivity contribution is -0.148. The molecule has 5 heterocycles. The van der Waals surface area contributed by atoms with E-state index in [9.17, 15) is 9.59 Å². The monoisotopic (exact) mass is 711 g/mol. The Kier molecular flexibility index (Phi) is 11.1. The molecule has 3 amide bonds. The molecule has 50 heavy (non-hydrogen) atoms. The summed E-state index contributed by atoms with van der Waals surface area (Å²) < 4.78 is 11.7. The highest BCUT2D eigenvalue weighted by molar-refractivity contribution is 6.30. The molecular weight excluding hydrogens is 654 g/mol. The Morgan fingerprint density at radius 3 is 2.20 bits per heavy atom. The molecule has 0 bridgehead atoms. The lowest BCUT2D eigenvalue weighted by atomic mass is 9.75. The average molecular weight is 712 g/mol. The van der Waals surface area contributed by atoms with Gasteiger partial charge < -0.3 is 29.1 Å². The van der Waals surface area contributed by atoms with Gasteiger partial charge in [0.2, 0.25) is 11.8 Å². The number of carbonyl (C=O) groups excluding carboxylic acids is 3. The fourth-order valence-electron chi connectivity index (χ4n) is 9.68. The maximum absolute atomic E-state index is 15.2. The molecule has 1 saturated carbocycles. The van der Waals surface area contributed by atoms with Crippen LogP contribution in [0, 0.1) is 11.3 Å². The van der Waals surface area contributed by atoms with E-state index in [1.165, 1.54) is 0 Å². The predicted molar refractivity (Wildman–Crippen MR) is 193 cm³/mol. The minimum atomic E-state index is -0.585. The van der Waals surface area contributed by atoms with Gasteiger partial charge in [-0.25, -0.2) is 0 Å². The number of likely N-dealkylation sites (tertiary alicyclic amines) is 2. The van der Waals surface area contributed by atoms with Crippen molar-refractivity contribution in [1.82, 2.24) is 24.5 Å². The number of likely N-dealkylation sites (N-methyl/N-ethyl adjacent to an activating group) is 1. The summed E-state index contributed by atoms with van der Waals surface area (Å²) in [5.74, 6) is -0.165. The second-order valence-corrected chi connectivity index (χ2v) is 17.2. The average Bonchev–Trinajstić information content (AvgIpc) is 3.91. The molecule has 11 heteroatoms. The van der Waals surface area contributed by atoms with Crippen molar-refractivity contribution in [2.24, 2.45) is 11.3 Å². The van der Waals surface area contributed by atoms with Crippen LogP contribution in [0.5, 0.6) is 0 Å². The molecule has 6 fully saturated rings. The van der Waals surface area contributed by atoms with Gasteiger partial charge in [0.1, 0.15) is 12.1 Å². The van der Waals surface area contributed by atoms with Crippen LogP contribution in [0.3, 0.4) is 0 Å². The molecule has 0 spiro atoms. The van der Waals surface area contributed by atoms with Gasteiger partial charge in [-0.05, 0) is 87.9 Å². The number of amides is 3. The Morgan fingerprint density at radius 1 is 0.840 bits per heavy atom. The van der Waals surface area contributed by atoms with Crippen molar-refractivity contribution in [3.05, 3.63) is 34.9 Å². The van der Waals surface area contributed by atoms with Crippen molar-refractivity contribution in [3.63, 3.8) is 0 Å². The van der Waals surface area contributed by atoms with Crippen LogP contribution in [-0.2, 0) is 23.9 Å². The van der Waals surface area contributed by atoms with E-state index in [-0.39, 0.29) is 47.1 Å². The topological polar surface area (TPSA) is 85.9 Å². The van der Waals surface area contributed by atoms with E-state index in [1.807, 2.05) is 21.9 Å². The van der Waals surface area contributed by atoms with Crippen LogP contribution in [0.4, 0.5) is 0 Å². The molecule has 0 N–H and O–H groups in total. The van der Waals surface area contributed by atoms with Crippen molar-refractivity contribution < 1.29 is 23.9 Å². The van der Waals surface area contributed by atoms with Gasteiger partial charge in [0.25, 0.3) is 5.91 Å². The van der Waals surface area contributed by atoms with Crippen molar-refractivity contribution in [2.45, 2.75) is 108 Å². The van der Waals surface area contributed by atoms with E-state index in [2.05, 4.69) is 47.7 Å². The summed E-state index contributed by atoms with van der Waals surface area (Å²) in [5, 5.41) is 0.679. The number of piperazine rings is 1. The van der Waals surface area contributed by atoms with Crippen molar-refractivity contribution in [1.29, 1.82) is 0 Å². The van der Waals surface area contributed by atoms with Gasteiger partial charge in [-0.1, -0.05) is 37.6 Å². The molecule has 1 unspecified atom stereocenters. The third-order valence-electron chi connectivity index (χ3n) is 12.9. The lowest BCUT2D eigenvalue weighted by Crippen LogP contribution is -2.54. The summed E-state index contributed by atoms with van der Waals surface area (Å²) in [4.78, 5) is 54.8. The smallest absolute Gasteiger partial charge is 0.252 e. The molecule has 1 aliphatic carbocycles. The fourth-order valence-corrected chi connectivity index (χ4v) is 9.81. The van der Waals surface area contributed by atoms with Gasteiger partial charge in [-0.3, -0.25) is 19.3 Å². The number of halogens is 1. The van der Waals surface area contributed by atoms with Crippen LogP contribution >= 0.6 is 11.6 Å². The van der Waals surface area contributed by atoms with Crippen LogP contribution < -0.4 is 0 Å². The SMILES string of the molecule is CN1CCN(C(=O)[C@@H]2C[C@H](N(C(=O)C3CCCO3)C3CCC(C)(C)CC3)CN2C(=O)[C@@H]2CN(C3CCOCC3)C[C@H]2c2ccc(Cl)cc2)CC1. The van der Waals surface area contributed by atoms with Gasteiger partial charge >= 0.3 is 0 Å². The number of hydrogen-bond donors (Lipinski definition) is 0. The zero-order valence-electron chi connectivity index (χ0n) is 30.4. The Labute approximate surface area is 303 Å². The highest BCUT2D eigenvalue weighted by Gasteiger charge is 2.51. The van der Waals surface area contributed by atoms with Crippen molar-refractivity contribution in [2.75, 3.05) is 72.7 Å². The molecule has 7 rings (SSSR count). The second kappa shape index (κ2) is 15.4. The van der Waals surface area contributed by atoms with Crippen molar-refractivity contribution >= 4 is 29.3 Å². The minimum Gasteiger partial charge on any atom is -0.381 e. The minimum absolute atomic E-state index is 0.00810. The summed E-state index contributed by atoms with van der Waals surface area (Å²) in [6, 6.07) is 7.63.